The van der Waals surface area contributed by atoms with Crippen LogP contribution in [0.5, 0.6) is 17.2 Å². The molecule has 3 aromatic carbocycles. The molecule has 0 atom stereocenters. The highest BCUT2D eigenvalue weighted by atomic mass is 79.9. The van der Waals surface area contributed by atoms with Crippen molar-refractivity contribution in [2.24, 2.45) is 4.99 Å². The molecule has 0 bridgehead atoms. The molecule has 4 aromatic rings. The Bertz CT molecular complexity index is 1250. The number of aromatic hydroxyl groups is 2. The fraction of sp³-hybridized carbons (Fsp3) is 0.0476. The van der Waals surface area contributed by atoms with E-state index in [1.54, 1.807) is 13.2 Å². The molecule has 146 valence electrons. The largest absolute Gasteiger partial charge is 0.506 e. The number of rotatable bonds is 4. The molecule has 4 rings (SSSR count). The van der Waals surface area contributed by atoms with Gasteiger partial charge >= 0.3 is 0 Å². The van der Waals surface area contributed by atoms with Crippen molar-refractivity contribution in [3.63, 3.8) is 0 Å². The summed E-state index contributed by atoms with van der Waals surface area (Å²) in [5.74, 6) is 1.30. The lowest BCUT2D eigenvalue weighted by Gasteiger charge is -2.06. The minimum absolute atomic E-state index is 0.0672. The van der Waals surface area contributed by atoms with Crippen molar-refractivity contribution >= 4 is 54.8 Å². The fourth-order valence-corrected chi connectivity index (χ4v) is 4.06. The number of nitrogens with zero attached hydrogens (tertiary/aromatic N) is 2. The van der Waals surface area contributed by atoms with Gasteiger partial charge in [-0.25, -0.2) is 4.98 Å². The van der Waals surface area contributed by atoms with E-state index in [1.165, 1.54) is 6.21 Å². The maximum atomic E-state index is 10.2. The summed E-state index contributed by atoms with van der Waals surface area (Å²) in [6.07, 6.45) is 1.53. The molecule has 0 aliphatic rings. The number of aromatic nitrogens is 2. The number of phenolic OH excluding ortho intramolecular Hbond substituents is 2. The molecule has 3 N–H and O–H groups in total. The second-order valence-corrected chi connectivity index (χ2v) is 7.85. The van der Waals surface area contributed by atoms with Crippen molar-refractivity contribution in [2.45, 2.75) is 0 Å². The first-order valence-corrected chi connectivity index (χ1v) is 10.1. The van der Waals surface area contributed by atoms with Crippen molar-refractivity contribution in [1.82, 2.24) is 9.97 Å². The van der Waals surface area contributed by atoms with Crippen LogP contribution in [0.3, 0.4) is 0 Å². The molecule has 1 heterocycles. The number of methoxy groups -OCH3 is 1. The third-order valence-corrected chi connectivity index (χ3v) is 5.73. The number of nitrogens with one attached hydrogen (secondary N) is 1. The predicted octanol–water partition coefficient (Wildman–Crippen LogP) is 5.93. The molecule has 0 saturated carbocycles. The van der Waals surface area contributed by atoms with Crippen LogP contribution in [0.1, 0.15) is 5.56 Å². The van der Waals surface area contributed by atoms with Gasteiger partial charge in [0.2, 0.25) is 0 Å². The van der Waals surface area contributed by atoms with Crippen molar-refractivity contribution in [3.05, 3.63) is 63.0 Å². The highest BCUT2D eigenvalue weighted by molar-refractivity contribution is 9.11. The second kappa shape index (κ2) is 7.88. The zero-order valence-electron chi connectivity index (χ0n) is 15.1. The molecule has 0 fully saturated rings. The first kappa shape index (κ1) is 19.5. The van der Waals surface area contributed by atoms with Crippen LogP contribution < -0.4 is 4.74 Å². The summed E-state index contributed by atoms with van der Waals surface area (Å²) in [5.41, 5.74) is 3.66. The van der Waals surface area contributed by atoms with Gasteiger partial charge in [0.1, 0.15) is 27.5 Å². The number of H-pyrrole nitrogens is 1. The van der Waals surface area contributed by atoms with Crippen LogP contribution >= 0.6 is 31.9 Å². The number of imidazole rings is 1. The van der Waals surface area contributed by atoms with Crippen molar-refractivity contribution in [1.29, 1.82) is 0 Å². The number of phenols is 2. The number of aromatic amines is 1. The Morgan fingerprint density at radius 1 is 1.07 bits per heavy atom. The second-order valence-electron chi connectivity index (χ2n) is 6.20. The lowest BCUT2D eigenvalue weighted by atomic mass is 10.2. The predicted molar refractivity (Wildman–Crippen MR) is 121 cm³/mol. The summed E-state index contributed by atoms with van der Waals surface area (Å²) in [5, 5.41) is 20.0. The van der Waals surface area contributed by atoms with Gasteiger partial charge in [-0.15, -0.1) is 0 Å². The standard InChI is InChI=1S/C21H15Br2N3O3/c1-29-17-5-3-2-4-13(17)21-25-15-7-6-12(9-16(15)26-21)24-10-11-8-14(22)20(28)18(23)19(11)27/h2-10,27-28H,1H3,(H,25,26). The van der Waals surface area contributed by atoms with E-state index in [2.05, 4.69) is 46.8 Å². The highest BCUT2D eigenvalue weighted by Gasteiger charge is 2.13. The lowest BCUT2D eigenvalue weighted by Crippen LogP contribution is -1.88. The van der Waals surface area contributed by atoms with Gasteiger partial charge in [0.15, 0.2) is 0 Å². The molecular formula is C21H15Br2N3O3. The Morgan fingerprint density at radius 2 is 1.86 bits per heavy atom. The Kier molecular flexibility index (Phi) is 5.29. The van der Waals surface area contributed by atoms with E-state index >= 15 is 0 Å². The summed E-state index contributed by atoms with van der Waals surface area (Å²) >= 11 is 6.41. The van der Waals surface area contributed by atoms with E-state index < -0.39 is 0 Å². The van der Waals surface area contributed by atoms with Crippen molar-refractivity contribution in [3.8, 4) is 28.6 Å². The zero-order chi connectivity index (χ0) is 20.5. The number of aliphatic imine (C=N–C) groups is 1. The average molecular weight is 517 g/mol. The van der Waals surface area contributed by atoms with Gasteiger partial charge in [0.05, 0.1) is 33.9 Å². The molecule has 0 unspecified atom stereocenters. The minimum atomic E-state index is -0.0875. The van der Waals surface area contributed by atoms with Crippen LogP contribution in [-0.2, 0) is 0 Å². The number of halogens is 2. The summed E-state index contributed by atoms with van der Waals surface area (Å²) in [6.45, 7) is 0. The highest BCUT2D eigenvalue weighted by Crippen LogP contribution is 2.40. The van der Waals surface area contributed by atoms with Gasteiger partial charge in [-0.1, -0.05) is 12.1 Å². The number of hydrogen-bond donors (Lipinski definition) is 3. The summed E-state index contributed by atoms with van der Waals surface area (Å²) < 4.78 is 6.07. The van der Waals surface area contributed by atoms with Crippen LogP contribution in [0.15, 0.2) is 62.5 Å². The Morgan fingerprint density at radius 3 is 2.66 bits per heavy atom. The third-order valence-electron chi connectivity index (χ3n) is 4.38. The van der Waals surface area contributed by atoms with E-state index in [0.717, 1.165) is 22.3 Å². The number of fused-ring (bicyclic) bond motifs is 1. The zero-order valence-corrected chi connectivity index (χ0v) is 18.3. The quantitative estimate of drug-likeness (QED) is 0.293. The molecule has 0 amide bonds. The van der Waals surface area contributed by atoms with E-state index in [4.69, 9.17) is 4.74 Å². The third kappa shape index (κ3) is 3.73. The van der Waals surface area contributed by atoms with E-state index in [-0.39, 0.29) is 16.0 Å². The number of hydrogen-bond acceptors (Lipinski definition) is 5. The van der Waals surface area contributed by atoms with Crippen LogP contribution in [0.25, 0.3) is 22.4 Å². The van der Waals surface area contributed by atoms with E-state index in [1.807, 2.05) is 42.5 Å². The summed E-state index contributed by atoms with van der Waals surface area (Å²) in [6, 6.07) is 14.9. The average Bonchev–Trinajstić information content (AvgIpc) is 3.17. The minimum Gasteiger partial charge on any atom is -0.506 e. The molecule has 0 radical (unpaired) electrons. The first-order chi connectivity index (χ1) is 14.0. The fourth-order valence-electron chi connectivity index (χ4n) is 2.91. The van der Waals surface area contributed by atoms with E-state index in [9.17, 15) is 10.2 Å². The maximum absolute atomic E-state index is 10.2. The summed E-state index contributed by atoms with van der Waals surface area (Å²) in [7, 11) is 1.63. The van der Waals surface area contributed by atoms with Gasteiger partial charge in [0, 0.05) is 11.8 Å². The SMILES string of the molecule is COc1ccccc1-c1nc2ccc(N=Cc3cc(Br)c(O)c(Br)c3O)cc2[nH]1. The van der Waals surface area contributed by atoms with Crippen LogP contribution in [0, 0.1) is 0 Å². The topological polar surface area (TPSA) is 90.7 Å². The lowest BCUT2D eigenvalue weighted by molar-refractivity contribution is 0.416. The molecule has 8 heteroatoms. The maximum Gasteiger partial charge on any atom is 0.147 e. The van der Waals surface area contributed by atoms with Crippen molar-refractivity contribution < 1.29 is 14.9 Å². The van der Waals surface area contributed by atoms with E-state index in [0.29, 0.717) is 21.5 Å². The summed E-state index contributed by atoms with van der Waals surface area (Å²) in [4.78, 5) is 12.4. The molecule has 6 nitrogen and oxygen atoms in total. The number of ether oxygens (including phenoxy) is 1. The monoisotopic (exact) mass is 515 g/mol. The van der Waals surface area contributed by atoms with Crippen molar-refractivity contribution in [2.75, 3.05) is 7.11 Å². The molecule has 0 saturated heterocycles. The molecule has 0 aliphatic carbocycles. The molecular weight excluding hydrogens is 502 g/mol. The van der Waals surface area contributed by atoms with Gasteiger partial charge in [-0.3, -0.25) is 4.99 Å². The molecule has 1 aromatic heterocycles. The number of para-hydroxylation sites is 1. The van der Waals surface area contributed by atoms with Crippen LogP contribution in [0.4, 0.5) is 5.69 Å². The normalized spacial score (nSPS) is 11.4. The molecule has 0 aliphatic heterocycles. The van der Waals surface area contributed by atoms with Gasteiger partial charge < -0.3 is 19.9 Å². The smallest absolute Gasteiger partial charge is 0.147 e. The molecule has 29 heavy (non-hydrogen) atoms. The molecule has 0 spiro atoms. The Hall–Kier alpha value is -2.84. The number of benzene rings is 3. The van der Waals surface area contributed by atoms with Crippen LogP contribution in [-0.4, -0.2) is 33.5 Å². The van der Waals surface area contributed by atoms with Gasteiger partial charge in [-0.05, 0) is 68.3 Å². The van der Waals surface area contributed by atoms with Gasteiger partial charge in [0.25, 0.3) is 0 Å². The van der Waals surface area contributed by atoms with Crippen LogP contribution in [0.2, 0.25) is 0 Å². The van der Waals surface area contributed by atoms with Gasteiger partial charge in [-0.2, -0.15) is 0 Å². The first-order valence-electron chi connectivity index (χ1n) is 8.55. The Balaban J connectivity index is 1.69. The Labute approximate surface area is 183 Å².